The second kappa shape index (κ2) is 7.54. The van der Waals surface area contributed by atoms with Crippen molar-refractivity contribution < 1.29 is 14.3 Å². The maximum atomic E-state index is 12.6. The van der Waals surface area contributed by atoms with Crippen LogP contribution in [0.1, 0.15) is 33.6 Å². The molecular weight excluding hydrogens is 318 g/mol. The van der Waals surface area contributed by atoms with Gasteiger partial charge in [0, 0.05) is 37.4 Å². The van der Waals surface area contributed by atoms with Crippen molar-refractivity contribution in [1.82, 2.24) is 4.90 Å². The lowest BCUT2D eigenvalue weighted by Gasteiger charge is -2.38. The molecule has 1 aromatic carbocycles. The standard InChI is InChI=1S/C19H27N3O3/c1-13-11-21(12-14(2)25-13)15(3)19(24)20-16-6-4-7-17(10-16)22-9-5-8-18(22)23/h4,6-7,10,13-15H,5,8-9,11-12H2,1-3H3,(H,20,24)/t13-,14-,15-/m1/s1. The van der Waals surface area contributed by atoms with Gasteiger partial charge >= 0.3 is 0 Å². The minimum absolute atomic E-state index is 0.0359. The van der Waals surface area contributed by atoms with Crippen molar-refractivity contribution >= 4 is 23.2 Å². The first kappa shape index (κ1) is 17.9. The van der Waals surface area contributed by atoms with Crippen molar-refractivity contribution in [3.05, 3.63) is 24.3 Å². The highest BCUT2D eigenvalue weighted by molar-refractivity contribution is 5.98. The van der Waals surface area contributed by atoms with E-state index in [1.165, 1.54) is 0 Å². The van der Waals surface area contributed by atoms with Crippen molar-refractivity contribution in [2.75, 3.05) is 29.9 Å². The summed E-state index contributed by atoms with van der Waals surface area (Å²) in [6, 6.07) is 7.29. The molecule has 0 spiro atoms. The van der Waals surface area contributed by atoms with Crippen LogP contribution in [-0.2, 0) is 14.3 Å². The average Bonchev–Trinajstić information content (AvgIpc) is 2.99. The van der Waals surface area contributed by atoms with Gasteiger partial charge in [-0.2, -0.15) is 0 Å². The van der Waals surface area contributed by atoms with Crippen LogP contribution < -0.4 is 10.2 Å². The van der Waals surface area contributed by atoms with Gasteiger partial charge in [0.05, 0.1) is 18.2 Å². The number of ether oxygens (including phenoxy) is 1. The summed E-state index contributed by atoms with van der Waals surface area (Å²) < 4.78 is 5.74. The molecule has 0 aromatic heterocycles. The van der Waals surface area contributed by atoms with Crippen molar-refractivity contribution in [3.8, 4) is 0 Å². The van der Waals surface area contributed by atoms with Crippen LogP contribution >= 0.6 is 0 Å². The molecule has 6 nitrogen and oxygen atoms in total. The van der Waals surface area contributed by atoms with E-state index in [1.54, 1.807) is 4.90 Å². The fourth-order valence-electron chi connectivity index (χ4n) is 3.62. The number of anilines is 2. The van der Waals surface area contributed by atoms with E-state index < -0.39 is 0 Å². The number of carbonyl (C=O) groups is 2. The largest absolute Gasteiger partial charge is 0.373 e. The van der Waals surface area contributed by atoms with E-state index in [1.807, 2.05) is 45.0 Å². The SMILES string of the molecule is C[C@@H]1CN([C@H](C)C(=O)Nc2cccc(N3CCCC3=O)c2)C[C@@H](C)O1. The van der Waals surface area contributed by atoms with Gasteiger partial charge < -0.3 is 15.0 Å². The quantitative estimate of drug-likeness (QED) is 0.909. The van der Waals surface area contributed by atoms with Gasteiger partial charge in [0.2, 0.25) is 11.8 Å². The number of hydrogen-bond donors (Lipinski definition) is 1. The minimum Gasteiger partial charge on any atom is -0.373 e. The third-order valence-electron chi connectivity index (χ3n) is 4.87. The van der Waals surface area contributed by atoms with E-state index >= 15 is 0 Å². The molecule has 2 fully saturated rings. The fourth-order valence-corrected chi connectivity index (χ4v) is 3.62. The van der Waals surface area contributed by atoms with Gasteiger partial charge in [0.15, 0.2) is 0 Å². The zero-order chi connectivity index (χ0) is 18.0. The summed E-state index contributed by atoms with van der Waals surface area (Å²) in [5.41, 5.74) is 1.57. The molecule has 2 aliphatic rings. The van der Waals surface area contributed by atoms with Crippen LogP contribution in [0.4, 0.5) is 11.4 Å². The molecule has 136 valence electrons. The Bertz CT molecular complexity index is 639. The van der Waals surface area contributed by atoms with Gasteiger partial charge in [0.25, 0.3) is 0 Å². The van der Waals surface area contributed by atoms with Gasteiger partial charge in [-0.25, -0.2) is 0 Å². The molecule has 2 heterocycles. The molecule has 6 heteroatoms. The first-order valence-electron chi connectivity index (χ1n) is 9.05. The average molecular weight is 345 g/mol. The zero-order valence-corrected chi connectivity index (χ0v) is 15.2. The lowest BCUT2D eigenvalue weighted by atomic mass is 10.1. The van der Waals surface area contributed by atoms with E-state index in [0.717, 1.165) is 37.4 Å². The summed E-state index contributed by atoms with van der Waals surface area (Å²) in [7, 11) is 0. The van der Waals surface area contributed by atoms with E-state index in [9.17, 15) is 9.59 Å². The third kappa shape index (κ3) is 4.19. The van der Waals surface area contributed by atoms with Crippen LogP contribution in [0.5, 0.6) is 0 Å². The van der Waals surface area contributed by atoms with Crippen molar-refractivity contribution in [3.63, 3.8) is 0 Å². The Hall–Kier alpha value is -1.92. The number of nitrogens with zero attached hydrogens (tertiary/aromatic N) is 2. The van der Waals surface area contributed by atoms with Crippen molar-refractivity contribution in [2.24, 2.45) is 0 Å². The van der Waals surface area contributed by atoms with Crippen LogP contribution in [0.25, 0.3) is 0 Å². The summed E-state index contributed by atoms with van der Waals surface area (Å²) in [4.78, 5) is 28.5. The highest BCUT2D eigenvalue weighted by Crippen LogP contribution is 2.24. The summed E-state index contributed by atoms with van der Waals surface area (Å²) in [5.74, 6) is 0.110. The van der Waals surface area contributed by atoms with Crippen molar-refractivity contribution in [1.29, 1.82) is 0 Å². The van der Waals surface area contributed by atoms with Crippen LogP contribution in [0, 0.1) is 0 Å². The normalized spacial score (nSPS) is 25.9. The number of hydrogen-bond acceptors (Lipinski definition) is 4. The van der Waals surface area contributed by atoms with Crippen LogP contribution in [-0.4, -0.2) is 54.6 Å². The third-order valence-corrected chi connectivity index (χ3v) is 4.87. The van der Waals surface area contributed by atoms with Gasteiger partial charge in [-0.05, 0) is 45.4 Å². The van der Waals surface area contributed by atoms with Crippen LogP contribution in [0.3, 0.4) is 0 Å². The molecule has 1 N–H and O–H groups in total. The molecule has 0 radical (unpaired) electrons. The predicted octanol–water partition coefficient (Wildman–Crippen LogP) is 2.25. The Kier molecular flexibility index (Phi) is 5.39. The molecule has 1 aromatic rings. The number of amides is 2. The molecule has 0 saturated carbocycles. The Labute approximate surface area is 149 Å². The fraction of sp³-hybridized carbons (Fsp3) is 0.579. The van der Waals surface area contributed by atoms with E-state index in [4.69, 9.17) is 4.74 Å². The highest BCUT2D eigenvalue weighted by atomic mass is 16.5. The summed E-state index contributed by atoms with van der Waals surface area (Å²) >= 11 is 0. The summed E-state index contributed by atoms with van der Waals surface area (Å²) in [6.45, 7) is 8.24. The van der Waals surface area contributed by atoms with Crippen LogP contribution in [0.2, 0.25) is 0 Å². The minimum atomic E-state index is -0.231. The van der Waals surface area contributed by atoms with Crippen molar-refractivity contribution in [2.45, 2.75) is 51.9 Å². The lowest BCUT2D eigenvalue weighted by molar-refractivity contribution is -0.126. The smallest absolute Gasteiger partial charge is 0.241 e. The topological polar surface area (TPSA) is 61.9 Å². The Balaban J connectivity index is 1.65. The maximum Gasteiger partial charge on any atom is 0.241 e. The number of carbonyl (C=O) groups excluding carboxylic acids is 2. The molecular formula is C19H27N3O3. The molecule has 2 aliphatic heterocycles. The molecule has 0 aliphatic carbocycles. The molecule has 0 bridgehead atoms. The molecule has 3 rings (SSSR count). The number of rotatable bonds is 4. The Morgan fingerprint density at radius 3 is 2.64 bits per heavy atom. The van der Waals surface area contributed by atoms with Gasteiger partial charge in [0.1, 0.15) is 0 Å². The first-order valence-corrected chi connectivity index (χ1v) is 9.05. The molecule has 3 atom stereocenters. The molecule has 2 amide bonds. The Morgan fingerprint density at radius 1 is 1.28 bits per heavy atom. The Morgan fingerprint density at radius 2 is 2.00 bits per heavy atom. The summed E-state index contributed by atoms with van der Waals surface area (Å²) in [5, 5.41) is 2.99. The second-order valence-electron chi connectivity index (χ2n) is 7.08. The maximum absolute atomic E-state index is 12.6. The van der Waals surface area contributed by atoms with E-state index in [-0.39, 0.29) is 30.1 Å². The van der Waals surface area contributed by atoms with E-state index in [2.05, 4.69) is 10.2 Å². The second-order valence-corrected chi connectivity index (χ2v) is 7.08. The monoisotopic (exact) mass is 345 g/mol. The number of benzene rings is 1. The molecule has 0 unspecified atom stereocenters. The highest BCUT2D eigenvalue weighted by Gasteiger charge is 2.29. The molecule has 2 saturated heterocycles. The predicted molar refractivity (Wildman–Crippen MR) is 97.7 cm³/mol. The lowest BCUT2D eigenvalue weighted by Crippen LogP contribution is -2.52. The molecule has 25 heavy (non-hydrogen) atoms. The van der Waals surface area contributed by atoms with Crippen LogP contribution in [0.15, 0.2) is 24.3 Å². The number of morpholine rings is 1. The summed E-state index contributed by atoms with van der Waals surface area (Å²) in [6.07, 6.45) is 1.74. The van der Waals surface area contributed by atoms with Gasteiger partial charge in [-0.15, -0.1) is 0 Å². The van der Waals surface area contributed by atoms with E-state index in [0.29, 0.717) is 6.42 Å². The zero-order valence-electron chi connectivity index (χ0n) is 15.2. The van der Waals surface area contributed by atoms with Gasteiger partial charge in [-0.3, -0.25) is 14.5 Å². The number of nitrogens with one attached hydrogen (secondary N) is 1. The van der Waals surface area contributed by atoms with Gasteiger partial charge in [-0.1, -0.05) is 6.07 Å². The first-order chi connectivity index (χ1) is 11.9.